The molecule has 0 atom stereocenters. The molecule has 0 aliphatic carbocycles. The van der Waals surface area contributed by atoms with Crippen molar-refractivity contribution in [2.75, 3.05) is 7.05 Å². The van der Waals surface area contributed by atoms with Crippen LogP contribution in [0.4, 0.5) is 0 Å². The summed E-state index contributed by atoms with van der Waals surface area (Å²) in [5.41, 5.74) is -0.241. The summed E-state index contributed by atoms with van der Waals surface area (Å²) in [5.74, 6) is -1.49. The largest absolute Gasteiger partial charge is 0.480 e. The van der Waals surface area contributed by atoms with Crippen LogP contribution in [0.25, 0.3) is 5.69 Å². The fraction of sp³-hybridized carbons (Fsp3) is 0.267. The number of rotatable bonds is 4. The molecule has 0 saturated heterocycles. The van der Waals surface area contributed by atoms with Gasteiger partial charge in [0.25, 0.3) is 5.91 Å². The summed E-state index contributed by atoms with van der Waals surface area (Å²) in [6, 6.07) is 6.99. The molecule has 1 amide bonds. The minimum Gasteiger partial charge on any atom is -0.480 e. The normalized spacial score (nSPS) is 11.3. The average Bonchev–Trinajstić information content (AvgIpc) is 2.96. The van der Waals surface area contributed by atoms with E-state index in [1.54, 1.807) is 30.5 Å². The summed E-state index contributed by atoms with van der Waals surface area (Å²) in [7, 11) is 1.45. The van der Waals surface area contributed by atoms with Crippen LogP contribution in [0, 0.1) is 0 Å². The number of nitrogens with zero attached hydrogens (tertiary/aromatic N) is 3. The van der Waals surface area contributed by atoms with Crippen LogP contribution in [0.3, 0.4) is 0 Å². The van der Waals surface area contributed by atoms with E-state index in [4.69, 9.17) is 11.6 Å². The Morgan fingerprint density at radius 3 is 2.41 bits per heavy atom. The molecule has 1 aromatic heterocycles. The number of carbonyl (C=O) groups excluding carboxylic acids is 1. The van der Waals surface area contributed by atoms with Gasteiger partial charge in [0.05, 0.1) is 17.4 Å². The molecule has 1 aromatic carbocycles. The lowest BCUT2D eigenvalue weighted by atomic mass is 10.0. The van der Waals surface area contributed by atoms with Crippen molar-refractivity contribution in [3.8, 4) is 5.69 Å². The van der Waals surface area contributed by atoms with E-state index in [-0.39, 0.29) is 0 Å². The van der Waals surface area contributed by atoms with Gasteiger partial charge in [0, 0.05) is 18.3 Å². The van der Waals surface area contributed by atoms with Crippen molar-refractivity contribution in [1.29, 1.82) is 0 Å². The number of carboxylic acids is 1. The quantitative estimate of drug-likeness (QED) is 0.938. The number of hydrogen-bond acceptors (Lipinski definition) is 3. The molecule has 0 saturated carbocycles. The van der Waals surface area contributed by atoms with E-state index in [0.717, 1.165) is 5.69 Å². The van der Waals surface area contributed by atoms with Crippen LogP contribution in [-0.4, -0.2) is 44.3 Å². The van der Waals surface area contributed by atoms with Crippen molar-refractivity contribution in [2.24, 2.45) is 0 Å². The predicted octanol–water partition coefficient (Wildman–Crippen LogP) is 2.46. The second-order valence-corrected chi connectivity index (χ2v) is 5.81. The van der Waals surface area contributed by atoms with Gasteiger partial charge in [-0.1, -0.05) is 11.6 Å². The summed E-state index contributed by atoms with van der Waals surface area (Å²) < 4.78 is 1.53. The van der Waals surface area contributed by atoms with Gasteiger partial charge in [-0.2, -0.15) is 5.10 Å². The van der Waals surface area contributed by atoms with E-state index in [9.17, 15) is 14.7 Å². The van der Waals surface area contributed by atoms with Crippen molar-refractivity contribution in [1.82, 2.24) is 14.7 Å². The number of aliphatic carboxylic acids is 1. The number of likely N-dealkylation sites (N-methyl/N-ethyl adjacent to an activating group) is 1. The number of carboxylic acid groups (broad SMARTS) is 1. The van der Waals surface area contributed by atoms with Crippen LogP contribution >= 0.6 is 11.6 Å². The van der Waals surface area contributed by atoms with E-state index >= 15 is 0 Å². The van der Waals surface area contributed by atoms with Crippen LogP contribution in [0.15, 0.2) is 36.7 Å². The highest BCUT2D eigenvalue weighted by molar-refractivity contribution is 6.30. The summed E-state index contributed by atoms with van der Waals surface area (Å²) >= 11 is 5.83. The number of benzene rings is 1. The summed E-state index contributed by atoms with van der Waals surface area (Å²) in [4.78, 5) is 24.8. The zero-order valence-electron chi connectivity index (χ0n) is 12.4. The molecule has 116 valence electrons. The Hall–Kier alpha value is -2.34. The lowest BCUT2D eigenvalue weighted by Gasteiger charge is -2.31. The van der Waals surface area contributed by atoms with Gasteiger partial charge >= 0.3 is 5.97 Å². The van der Waals surface area contributed by atoms with Crippen molar-refractivity contribution >= 4 is 23.5 Å². The van der Waals surface area contributed by atoms with E-state index in [0.29, 0.717) is 10.6 Å². The zero-order valence-corrected chi connectivity index (χ0v) is 13.2. The van der Waals surface area contributed by atoms with Crippen LogP contribution in [0.2, 0.25) is 5.02 Å². The molecule has 0 unspecified atom stereocenters. The Morgan fingerprint density at radius 1 is 1.27 bits per heavy atom. The van der Waals surface area contributed by atoms with Gasteiger partial charge in [-0.15, -0.1) is 0 Å². The number of aromatic nitrogens is 2. The minimum atomic E-state index is -1.31. The molecule has 22 heavy (non-hydrogen) atoms. The summed E-state index contributed by atoms with van der Waals surface area (Å²) in [6.45, 7) is 2.94. The lowest BCUT2D eigenvalue weighted by molar-refractivity contribution is -0.147. The second kappa shape index (κ2) is 5.81. The highest BCUT2D eigenvalue weighted by Crippen LogP contribution is 2.18. The molecular formula is C15H16ClN3O3. The van der Waals surface area contributed by atoms with E-state index in [2.05, 4.69) is 5.10 Å². The topological polar surface area (TPSA) is 75.4 Å². The summed E-state index contributed by atoms with van der Waals surface area (Å²) in [6.07, 6.45) is 2.96. The van der Waals surface area contributed by atoms with Crippen molar-refractivity contribution in [3.05, 3.63) is 47.2 Å². The molecule has 7 heteroatoms. The highest BCUT2D eigenvalue weighted by Gasteiger charge is 2.35. The molecule has 1 N–H and O–H groups in total. The van der Waals surface area contributed by atoms with Gasteiger partial charge < -0.3 is 10.0 Å². The number of hydrogen-bond donors (Lipinski definition) is 1. The smallest absolute Gasteiger partial charge is 0.329 e. The standard InChI is InChI=1S/C15H16ClN3O3/c1-15(2,14(21)22)18(3)13(20)10-8-17-19(9-10)12-6-4-11(16)5-7-12/h4-9H,1-3H3,(H,21,22). The molecule has 1 heterocycles. The second-order valence-electron chi connectivity index (χ2n) is 5.38. The maximum atomic E-state index is 12.4. The van der Waals surface area contributed by atoms with Crippen LogP contribution in [-0.2, 0) is 4.79 Å². The van der Waals surface area contributed by atoms with Crippen LogP contribution in [0.1, 0.15) is 24.2 Å². The Labute approximate surface area is 132 Å². The van der Waals surface area contributed by atoms with E-state index in [1.807, 2.05) is 0 Å². The molecule has 0 spiro atoms. The maximum Gasteiger partial charge on any atom is 0.329 e. The number of amides is 1. The lowest BCUT2D eigenvalue weighted by Crippen LogP contribution is -2.50. The predicted molar refractivity (Wildman–Crippen MR) is 82.4 cm³/mol. The third-order valence-corrected chi connectivity index (χ3v) is 3.84. The Balaban J connectivity index is 2.26. The van der Waals surface area contributed by atoms with Gasteiger partial charge in [0.2, 0.25) is 0 Å². The molecular weight excluding hydrogens is 306 g/mol. The highest BCUT2D eigenvalue weighted by atomic mass is 35.5. The third-order valence-electron chi connectivity index (χ3n) is 3.59. The van der Waals surface area contributed by atoms with Crippen molar-refractivity contribution in [2.45, 2.75) is 19.4 Å². The fourth-order valence-corrected chi connectivity index (χ4v) is 1.89. The van der Waals surface area contributed by atoms with Gasteiger partial charge in [-0.3, -0.25) is 4.79 Å². The maximum absolute atomic E-state index is 12.4. The molecule has 2 rings (SSSR count). The molecule has 6 nitrogen and oxygen atoms in total. The first-order valence-electron chi connectivity index (χ1n) is 6.55. The van der Waals surface area contributed by atoms with Crippen LogP contribution in [0.5, 0.6) is 0 Å². The first-order valence-corrected chi connectivity index (χ1v) is 6.93. The minimum absolute atomic E-state index is 0.312. The Morgan fingerprint density at radius 2 is 1.86 bits per heavy atom. The first kappa shape index (κ1) is 16.0. The van der Waals surface area contributed by atoms with Crippen LogP contribution < -0.4 is 0 Å². The molecule has 2 aromatic rings. The average molecular weight is 322 g/mol. The van der Waals surface area contributed by atoms with Gasteiger partial charge in [-0.25, -0.2) is 9.48 Å². The van der Waals surface area contributed by atoms with E-state index in [1.165, 1.54) is 36.7 Å². The monoisotopic (exact) mass is 321 g/mol. The zero-order chi connectivity index (χ0) is 16.5. The SMILES string of the molecule is CN(C(=O)c1cnn(-c2ccc(Cl)cc2)c1)C(C)(C)C(=O)O. The van der Waals surface area contributed by atoms with Gasteiger partial charge in [0.15, 0.2) is 0 Å². The van der Waals surface area contributed by atoms with Crippen molar-refractivity contribution in [3.63, 3.8) is 0 Å². The number of halogens is 1. The Bertz CT molecular complexity index is 707. The fourth-order valence-electron chi connectivity index (χ4n) is 1.76. The summed E-state index contributed by atoms with van der Waals surface area (Å²) in [5, 5.41) is 13.9. The molecule has 0 aliphatic rings. The van der Waals surface area contributed by atoms with Gasteiger partial charge in [-0.05, 0) is 38.1 Å². The molecule has 0 bridgehead atoms. The molecule has 0 fully saturated rings. The molecule has 0 radical (unpaired) electrons. The first-order chi connectivity index (χ1) is 10.2. The molecule has 0 aliphatic heterocycles. The van der Waals surface area contributed by atoms with Crippen molar-refractivity contribution < 1.29 is 14.7 Å². The third kappa shape index (κ3) is 2.96. The number of carbonyl (C=O) groups is 2. The van der Waals surface area contributed by atoms with Gasteiger partial charge in [0.1, 0.15) is 5.54 Å². The van der Waals surface area contributed by atoms with E-state index < -0.39 is 17.4 Å². The Kier molecular flexibility index (Phi) is 4.23.